The second kappa shape index (κ2) is 5.37. The second-order valence-electron chi connectivity index (χ2n) is 6.59. The van der Waals surface area contributed by atoms with Crippen molar-refractivity contribution in [2.24, 2.45) is 23.2 Å². The maximum absolute atomic E-state index is 2.48. The van der Waals surface area contributed by atoms with Gasteiger partial charge in [0.1, 0.15) is 0 Å². The molecule has 0 unspecified atom stereocenters. The van der Waals surface area contributed by atoms with Gasteiger partial charge in [0, 0.05) is 0 Å². The number of hydrogen-bond acceptors (Lipinski definition) is 0. The minimum absolute atomic E-state index is 0.594. The minimum Gasteiger partial charge on any atom is -0.0654 e. The fraction of sp³-hybridized carbons (Fsp3) is 1.00. The highest BCUT2D eigenvalue weighted by atomic mass is 14.4. The van der Waals surface area contributed by atoms with Crippen molar-refractivity contribution in [2.45, 2.75) is 73.1 Å². The zero-order chi connectivity index (χ0) is 11.5. The van der Waals surface area contributed by atoms with E-state index in [4.69, 9.17) is 0 Å². The van der Waals surface area contributed by atoms with Crippen LogP contribution in [0.2, 0.25) is 0 Å². The van der Waals surface area contributed by atoms with E-state index in [2.05, 4.69) is 34.6 Å². The Morgan fingerprint density at radius 3 is 2.00 bits per heavy atom. The van der Waals surface area contributed by atoms with E-state index in [1.807, 2.05) is 0 Å². The summed E-state index contributed by atoms with van der Waals surface area (Å²) in [6, 6.07) is 0. The van der Waals surface area contributed by atoms with Crippen molar-refractivity contribution >= 4 is 0 Å². The smallest absolute Gasteiger partial charge is 0.0326 e. The lowest BCUT2D eigenvalue weighted by Gasteiger charge is -2.40. The van der Waals surface area contributed by atoms with Crippen molar-refractivity contribution in [3.63, 3.8) is 0 Å². The van der Waals surface area contributed by atoms with Crippen molar-refractivity contribution in [2.75, 3.05) is 0 Å². The first-order chi connectivity index (χ1) is 6.97. The average molecular weight is 210 g/mol. The summed E-state index contributed by atoms with van der Waals surface area (Å²) in [5, 5.41) is 0. The van der Waals surface area contributed by atoms with Gasteiger partial charge in [0.15, 0.2) is 0 Å². The standard InChI is InChI=1S/C15H30/c1-6-11-15(4,5)14-9-7-13(8-10-14)12(2)3/h12-14H,6-11H2,1-5H3. The van der Waals surface area contributed by atoms with Gasteiger partial charge in [0.2, 0.25) is 0 Å². The molecular weight excluding hydrogens is 180 g/mol. The van der Waals surface area contributed by atoms with Crippen LogP contribution in [-0.2, 0) is 0 Å². The van der Waals surface area contributed by atoms with E-state index in [0.717, 1.165) is 17.8 Å². The van der Waals surface area contributed by atoms with Gasteiger partial charge in [-0.3, -0.25) is 0 Å². The summed E-state index contributed by atoms with van der Waals surface area (Å²) < 4.78 is 0. The van der Waals surface area contributed by atoms with Crippen LogP contribution in [-0.4, -0.2) is 0 Å². The molecule has 0 bridgehead atoms. The molecule has 1 aliphatic carbocycles. The Morgan fingerprint density at radius 1 is 1.07 bits per heavy atom. The van der Waals surface area contributed by atoms with Gasteiger partial charge in [0.25, 0.3) is 0 Å². The molecule has 0 heterocycles. The summed E-state index contributed by atoms with van der Waals surface area (Å²) in [5.41, 5.74) is 0.594. The number of rotatable bonds is 4. The first-order valence-electron chi connectivity index (χ1n) is 6.97. The van der Waals surface area contributed by atoms with Crippen LogP contribution in [0.15, 0.2) is 0 Å². The molecule has 0 aliphatic heterocycles. The Kier molecular flexibility index (Phi) is 4.67. The van der Waals surface area contributed by atoms with Gasteiger partial charge < -0.3 is 0 Å². The van der Waals surface area contributed by atoms with Crippen LogP contribution in [0.4, 0.5) is 0 Å². The van der Waals surface area contributed by atoms with Gasteiger partial charge in [-0.05, 0) is 55.3 Å². The van der Waals surface area contributed by atoms with Crippen LogP contribution in [0.25, 0.3) is 0 Å². The Hall–Kier alpha value is 0. The van der Waals surface area contributed by atoms with Gasteiger partial charge in [0.05, 0.1) is 0 Å². The van der Waals surface area contributed by atoms with E-state index in [0.29, 0.717) is 5.41 Å². The highest BCUT2D eigenvalue weighted by Crippen LogP contribution is 2.44. The lowest BCUT2D eigenvalue weighted by Crippen LogP contribution is -2.29. The minimum atomic E-state index is 0.594. The van der Waals surface area contributed by atoms with Gasteiger partial charge >= 0.3 is 0 Å². The Labute approximate surface area is 96.8 Å². The lowest BCUT2D eigenvalue weighted by molar-refractivity contribution is 0.108. The summed E-state index contributed by atoms with van der Waals surface area (Å²) in [4.78, 5) is 0. The molecule has 0 aromatic rings. The van der Waals surface area contributed by atoms with Crippen molar-refractivity contribution in [3.8, 4) is 0 Å². The van der Waals surface area contributed by atoms with Gasteiger partial charge in [-0.2, -0.15) is 0 Å². The molecule has 0 amide bonds. The van der Waals surface area contributed by atoms with Crippen LogP contribution in [0.5, 0.6) is 0 Å². The molecule has 1 rings (SSSR count). The van der Waals surface area contributed by atoms with E-state index < -0.39 is 0 Å². The normalized spacial score (nSPS) is 28.4. The molecule has 90 valence electrons. The third-order valence-corrected chi connectivity index (χ3v) is 4.71. The van der Waals surface area contributed by atoms with E-state index >= 15 is 0 Å². The Morgan fingerprint density at radius 2 is 1.60 bits per heavy atom. The molecule has 15 heavy (non-hydrogen) atoms. The number of hydrogen-bond donors (Lipinski definition) is 0. The quantitative estimate of drug-likeness (QED) is 0.592. The summed E-state index contributed by atoms with van der Waals surface area (Å²) in [5.74, 6) is 2.91. The molecule has 0 spiro atoms. The van der Waals surface area contributed by atoms with Crippen molar-refractivity contribution < 1.29 is 0 Å². The molecule has 1 fully saturated rings. The molecule has 1 saturated carbocycles. The zero-order valence-corrected chi connectivity index (χ0v) is 11.5. The zero-order valence-electron chi connectivity index (χ0n) is 11.5. The third-order valence-electron chi connectivity index (χ3n) is 4.71. The van der Waals surface area contributed by atoms with Crippen LogP contribution >= 0.6 is 0 Å². The largest absolute Gasteiger partial charge is 0.0654 e. The van der Waals surface area contributed by atoms with Gasteiger partial charge in [-0.1, -0.05) is 41.0 Å². The van der Waals surface area contributed by atoms with Gasteiger partial charge in [-0.15, -0.1) is 0 Å². The third kappa shape index (κ3) is 3.50. The Bertz CT molecular complexity index is 170. The molecular formula is C15H30. The van der Waals surface area contributed by atoms with Gasteiger partial charge in [-0.25, -0.2) is 0 Å². The van der Waals surface area contributed by atoms with E-state index in [-0.39, 0.29) is 0 Å². The topological polar surface area (TPSA) is 0 Å². The Balaban J connectivity index is 2.43. The molecule has 0 nitrogen and oxygen atoms in total. The van der Waals surface area contributed by atoms with E-state index in [9.17, 15) is 0 Å². The summed E-state index contributed by atoms with van der Waals surface area (Å²) >= 11 is 0. The van der Waals surface area contributed by atoms with Crippen molar-refractivity contribution in [1.29, 1.82) is 0 Å². The molecule has 1 aliphatic rings. The summed E-state index contributed by atoms with van der Waals surface area (Å²) in [7, 11) is 0. The first-order valence-corrected chi connectivity index (χ1v) is 6.97. The first kappa shape index (κ1) is 13.1. The molecule has 0 N–H and O–H groups in total. The van der Waals surface area contributed by atoms with E-state index in [1.165, 1.54) is 38.5 Å². The van der Waals surface area contributed by atoms with Crippen LogP contribution in [0.1, 0.15) is 73.1 Å². The fourth-order valence-electron chi connectivity index (χ4n) is 3.42. The molecule has 0 aromatic heterocycles. The average Bonchev–Trinajstić information content (AvgIpc) is 2.18. The maximum Gasteiger partial charge on any atom is -0.0326 e. The predicted molar refractivity (Wildman–Crippen MR) is 69.0 cm³/mol. The molecule has 0 radical (unpaired) electrons. The lowest BCUT2D eigenvalue weighted by atomic mass is 9.65. The fourth-order valence-corrected chi connectivity index (χ4v) is 3.42. The maximum atomic E-state index is 2.48. The second-order valence-corrected chi connectivity index (χ2v) is 6.59. The van der Waals surface area contributed by atoms with E-state index in [1.54, 1.807) is 0 Å². The predicted octanol–water partition coefficient (Wildman–Crippen LogP) is 5.28. The van der Waals surface area contributed by atoms with Crippen LogP contribution in [0.3, 0.4) is 0 Å². The molecule has 0 heteroatoms. The molecule has 0 aromatic carbocycles. The monoisotopic (exact) mass is 210 g/mol. The SMILES string of the molecule is CCCC(C)(C)C1CCC(C(C)C)CC1. The van der Waals surface area contributed by atoms with Crippen molar-refractivity contribution in [3.05, 3.63) is 0 Å². The van der Waals surface area contributed by atoms with Crippen LogP contribution in [0, 0.1) is 23.2 Å². The molecule has 0 saturated heterocycles. The van der Waals surface area contributed by atoms with Crippen molar-refractivity contribution in [1.82, 2.24) is 0 Å². The summed E-state index contributed by atoms with van der Waals surface area (Å²) in [6.07, 6.45) is 8.68. The highest BCUT2D eigenvalue weighted by Gasteiger charge is 2.32. The molecule has 0 atom stereocenters. The van der Waals surface area contributed by atoms with Crippen LogP contribution < -0.4 is 0 Å². The summed E-state index contributed by atoms with van der Waals surface area (Å²) in [6.45, 7) is 12.1. The highest BCUT2D eigenvalue weighted by molar-refractivity contribution is 4.83.